The summed E-state index contributed by atoms with van der Waals surface area (Å²) in [6.07, 6.45) is 9.77. The predicted octanol–water partition coefficient (Wildman–Crippen LogP) is 9.00. The topological polar surface area (TPSA) is 192 Å². The molecule has 2 aliphatic carbocycles. The molecule has 3 atom stereocenters. The number of hydrogen-bond donors (Lipinski definition) is 4. The van der Waals surface area contributed by atoms with Gasteiger partial charge in [-0.2, -0.15) is 9.37 Å². The van der Waals surface area contributed by atoms with Crippen LogP contribution in [0.1, 0.15) is 112 Å². The van der Waals surface area contributed by atoms with Gasteiger partial charge in [-0.3, -0.25) is 19.8 Å². The molecule has 17 heteroatoms. The molecule has 0 radical (unpaired) electrons. The summed E-state index contributed by atoms with van der Waals surface area (Å²) < 4.78 is 57.5. The predicted molar refractivity (Wildman–Crippen MR) is 252 cm³/mol. The third-order valence-corrected chi connectivity index (χ3v) is 16.6. The molecule has 4 N–H and O–H groups in total. The maximum Gasteiger partial charge on any atom is 0.297 e. The van der Waals surface area contributed by atoms with Gasteiger partial charge in [0.25, 0.3) is 27.6 Å². The number of aromatic amines is 1. The van der Waals surface area contributed by atoms with Gasteiger partial charge in [-0.25, -0.2) is 13.1 Å². The number of rotatable bonds is 11. The van der Waals surface area contributed by atoms with Gasteiger partial charge >= 0.3 is 0 Å². The van der Waals surface area contributed by atoms with E-state index in [4.69, 9.17) is 9.47 Å². The molecule has 5 aromatic rings. The number of nitro groups is 1. The maximum atomic E-state index is 15.5. The summed E-state index contributed by atoms with van der Waals surface area (Å²) in [5.41, 5.74) is 2.76. The van der Waals surface area contributed by atoms with Crippen molar-refractivity contribution in [2.45, 2.75) is 113 Å². The minimum atomic E-state index is -4.74. The minimum Gasteiger partial charge on any atom is -0.489 e. The zero-order valence-corrected chi connectivity index (χ0v) is 38.9. The molecule has 0 bridgehead atoms. The minimum absolute atomic E-state index is 0.0364. The van der Waals surface area contributed by atoms with Crippen molar-refractivity contribution in [3.63, 3.8) is 0 Å². The number of aliphatic hydroxyl groups is 1. The molecule has 354 valence electrons. The zero-order chi connectivity index (χ0) is 46.8. The fraction of sp³-hybridized carbons (Fsp3) is 0.480. The van der Waals surface area contributed by atoms with Crippen molar-refractivity contribution in [2.75, 3.05) is 43.0 Å². The van der Waals surface area contributed by atoms with Gasteiger partial charge in [-0.1, -0.05) is 44.5 Å². The summed E-state index contributed by atoms with van der Waals surface area (Å²) in [5, 5.41) is 26.6. The van der Waals surface area contributed by atoms with Crippen LogP contribution < -0.4 is 24.4 Å². The summed E-state index contributed by atoms with van der Waals surface area (Å²) in [6.45, 7) is 10.1. The summed E-state index contributed by atoms with van der Waals surface area (Å²) in [7, 11) is -4.74. The number of aromatic nitrogens is 2. The third kappa shape index (κ3) is 8.81. The van der Waals surface area contributed by atoms with Gasteiger partial charge in [-0.15, -0.1) is 0 Å². The van der Waals surface area contributed by atoms with E-state index in [9.17, 15) is 28.4 Å². The lowest BCUT2D eigenvalue weighted by Gasteiger charge is -2.57. The monoisotopic (exact) mass is 935 g/mol. The summed E-state index contributed by atoms with van der Waals surface area (Å²) >= 11 is 0. The first kappa shape index (κ1) is 45.0. The fourth-order valence-corrected chi connectivity index (χ4v) is 12.5. The molecule has 0 unspecified atom stereocenters. The molecule has 5 aliphatic rings. The van der Waals surface area contributed by atoms with Crippen LogP contribution in [0.2, 0.25) is 0 Å². The molecular weight excluding hydrogens is 878 g/mol. The maximum absolute atomic E-state index is 15.5. The number of carbonyl (C=O) groups excluding carboxylic acids is 1. The first-order valence-electron chi connectivity index (χ1n) is 23.6. The van der Waals surface area contributed by atoms with E-state index in [0.717, 1.165) is 56.8 Å². The Morgan fingerprint density at radius 1 is 1.01 bits per heavy atom. The van der Waals surface area contributed by atoms with Crippen molar-refractivity contribution in [3.8, 4) is 17.2 Å². The highest BCUT2D eigenvalue weighted by Gasteiger charge is 2.49. The summed E-state index contributed by atoms with van der Waals surface area (Å²) in [5.74, 6) is -1.30. The van der Waals surface area contributed by atoms with Crippen LogP contribution in [-0.2, 0) is 10.0 Å². The van der Waals surface area contributed by atoms with Crippen molar-refractivity contribution in [2.24, 2.45) is 11.3 Å². The smallest absolute Gasteiger partial charge is 0.297 e. The van der Waals surface area contributed by atoms with Crippen LogP contribution in [-0.4, -0.2) is 89.7 Å². The van der Waals surface area contributed by atoms with Gasteiger partial charge in [0.05, 0.1) is 27.0 Å². The number of anilines is 2. The van der Waals surface area contributed by atoms with Crippen LogP contribution in [0.5, 0.6) is 17.2 Å². The van der Waals surface area contributed by atoms with Gasteiger partial charge < -0.3 is 29.8 Å². The molecular formula is C50H58FN7O8S. The Labute approximate surface area is 389 Å². The Kier molecular flexibility index (Phi) is 11.7. The van der Waals surface area contributed by atoms with Crippen molar-refractivity contribution in [3.05, 3.63) is 106 Å². The lowest BCUT2D eigenvalue weighted by molar-refractivity contribution is -0.384. The second-order valence-corrected chi connectivity index (χ2v) is 21.8. The lowest BCUT2D eigenvalue weighted by atomic mass is 9.70. The van der Waals surface area contributed by atoms with Crippen molar-refractivity contribution in [1.29, 1.82) is 0 Å². The van der Waals surface area contributed by atoms with Gasteiger partial charge in [-0.05, 0) is 117 Å². The number of nitro benzene ring substituents is 1. The van der Waals surface area contributed by atoms with Crippen molar-refractivity contribution >= 4 is 44.0 Å². The number of carbonyl (C=O) groups is 1. The number of nitrogens with one attached hydrogen (secondary N) is 3. The van der Waals surface area contributed by atoms with Crippen molar-refractivity contribution < 1.29 is 37.1 Å². The first-order chi connectivity index (χ1) is 32.1. The van der Waals surface area contributed by atoms with E-state index >= 15 is 4.39 Å². The number of benzene rings is 3. The number of fused-ring (bicyclic) bond motifs is 2. The van der Waals surface area contributed by atoms with Gasteiger partial charge in [0.2, 0.25) is 0 Å². The second kappa shape index (κ2) is 17.4. The Balaban J connectivity index is 0.866. The number of ether oxygens (including phenoxy) is 2. The fourth-order valence-electron chi connectivity index (χ4n) is 11.5. The lowest BCUT2D eigenvalue weighted by Crippen LogP contribution is -2.63. The van der Waals surface area contributed by atoms with Crippen molar-refractivity contribution in [1.82, 2.24) is 19.6 Å². The van der Waals surface area contributed by atoms with E-state index in [-0.39, 0.29) is 52.5 Å². The number of H-pyrrole nitrogens is 1. The van der Waals surface area contributed by atoms with Gasteiger partial charge in [0.1, 0.15) is 18.0 Å². The van der Waals surface area contributed by atoms with E-state index in [1.807, 2.05) is 0 Å². The Hall–Kier alpha value is -5.78. The number of hydrogen-bond acceptors (Lipinski definition) is 12. The third-order valence-electron chi connectivity index (χ3n) is 15.3. The highest BCUT2D eigenvalue weighted by atomic mass is 32.2. The first-order valence-corrected chi connectivity index (χ1v) is 25.1. The summed E-state index contributed by atoms with van der Waals surface area (Å²) in [4.78, 5) is 37.0. The van der Waals surface area contributed by atoms with Gasteiger partial charge in [0, 0.05) is 67.7 Å². The SMILES string of the molecule is CC(C)c1ccccc1[C@H]1CCC[C@H]1N1CC2(CCN(c3ccc(C(=O)NS(=O)(=O)c4cc5c(c([N+](=O)[O-])c4)N[C@@H]([C@H]4CC[C@](C)(O)CC4)CO5)c(Oc4cc5cc[nH]c5nc4F)c3)CC2)C1. The molecule has 3 aromatic carbocycles. The molecule has 10 rings (SSSR count). The van der Waals surface area contributed by atoms with Crippen LogP contribution in [0.25, 0.3) is 11.0 Å². The van der Waals surface area contributed by atoms with Crippen LogP contribution in [0.4, 0.5) is 21.5 Å². The van der Waals surface area contributed by atoms with E-state index in [1.54, 1.807) is 31.3 Å². The molecule has 2 saturated heterocycles. The van der Waals surface area contributed by atoms with E-state index < -0.39 is 43.0 Å². The molecule has 2 aromatic heterocycles. The number of sulfonamides is 1. The quantitative estimate of drug-likeness (QED) is 0.0559. The second-order valence-electron chi connectivity index (χ2n) is 20.2. The molecule has 1 amide bonds. The van der Waals surface area contributed by atoms with Crippen LogP contribution in [0.3, 0.4) is 0 Å². The molecule has 1 spiro atoms. The van der Waals surface area contributed by atoms with E-state index in [2.05, 4.69) is 67.9 Å². The van der Waals surface area contributed by atoms with E-state index in [1.165, 1.54) is 42.5 Å². The Morgan fingerprint density at radius 2 is 1.78 bits per heavy atom. The standard InChI is InChI=1S/C50H58FN7O8S/c1-30(2)35-7-4-5-8-36(35)37-9-6-10-40(37)57-28-50(29-57)18-21-56(22-19-50)33-11-12-38(42(24-33)66-44-23-32-15-20-52-47(32)54-46(44)51)48(59)55-67(63,64)34-25-41(58(61)62)45-43(26-34)65-27-39(53-45)31-13-16-49(3,60)17-14-31/h4-5,7-8,11-12,15,20,23-26,30-31,37,39-40,53,60H,6,9-10,13-14,16-19,21-22,27-29H2,1-3H3,(H,52,54)(H,55,59)/t31-,37-,39-,40-,49-/m1/s1. The largest absolute Gasteiger partial charge is 0.489 e. The molecule has 5 heterocycles. The van der Waals surface area contributed by atoms with Crippen LogP contribution >= 0.6 is 0 Å². The number of amides is 1. The number of nitrogens with zero attached hydrogens (tertiary/aromatic N) is 4. The number of piperidine rings is 1. The molecule has 4 fully saturated rings. The molecule has 3 aliphatic heterocycles. The zero-order valence-electron chi connectivity index (χ0n) is 38.1. The normalized spacial score (nSPS) is 25.0. The van der Waals surface area contributed by atoms with E-state index in [0.29, 0.717) is 54.6 Å². The molecule has 2 saturated carbocycles. The van der Waals surface area contributed by atoms with Gasteiger partial charge in [0.15, 0.2) is 17.2 Å². The number of halogens is 1. The average molecular weight is 936 g/mol. The Bertz CT molecular complexity index is 2830. The summed E-state index contributed by atoms with van der Waals surface area (Å²) in [6, 6.07) is 19.2. The molecule has 67 heavy (non-hydrogen) atoms. The van der Waals surface area contributed by atoms with Crippen LogP contribution in [0.15, 0.2) is 77.8 Å². The number of likely N-dealkylation sites (tertiary alicyclic amines) is 1. The highest BCUT2D eigenvalue weighted by Crippen LogP contribution is 2.49. The van der Waals surface area contributed by atoms with Crippen LogP contribution in [0, 0.1) is 27.4 Å². The highest BCUT2D eigenvalue weighted by molar-refractivity contribution is 7.90. The molecule has 15 nitrogen and oxygen atoms in total. The average Bonchev–Trinajstić information content (AvgIpc) is 3.97. The Morgan fingerprint density at radius 3 is 2.52 bits per heavy atom. The number of pyridine rings is 1.